The number of esters is 1. The van der Waals surface area contributed by atoms with E-state index in [1.54, 1.807) is 0 Å². The van der Waals surface area contributed by atoms with Crippen LogP contribution in [0.1, 0.15) is 13.8 Å². The van der Waals surface area contributed by atoms with Crippen molar-refractivity contribution in [2.45, 2.75) is 19.9 Å². The summed E-state index contributed by atoms with van der Waals surface area (Å²) in [5, 5.41) is 0. The minimum atomic E-state index is -0.727. The molecule has 0 aromatic carbocycles. The van der Waals surface area contributed by atoms with Gasteiger partial charge in [-0.2, -0.15) is 0 Å². The summed E-state index contributed by atoms with van der Waals surface area (Å²) in [6, 6.07) is -0.727. The average Bonchev–Trinajstić information content (AvgIpc) is 1.84. The minimum absolute atomic E-state index is 0.0393. The topological polar surface area (TPSA) is 50.1 Å². The van der Waals surface area contributed by atoms with Gasteiger partial charge in [0, 0.05) is 0 Å². The van der Waals surface area contributed by atoms with Crippen molar-refractivity contribution >= 4 is 5.97 Å². The molecule has 0 aromatic heterocycles. The third-order valence-electron chi connectivity index (χ3n) is 1.12. The molecule has 0 aromatic rings. The van der Waals surface area contributed by atoms with Gasteiger partial charge in [-0.25, -0.2) is 5.73 Å². The van der Waals surface area contributed by atoms with E-state index in [1.807, 2.05) is 13.8 Å². The predicted octanol–water partition coefficient (Wildman–Crippen LogP) is 0.467. The zero-order valence-electron chi connectivity index (χ0n) is 5.97. The molecule has 0 rings (SSSR count). The van der Waals surface area contributed by atoms with Crippen LogP contribution in [-0.2, 0) is 9.53 Å². The Morgan fingerprint density at radius 2 is 2.00 bits per heavy atom. The van der Waals surface area contributed by atoms with Gasteiger partial charge in [-0.15, -0.1) is 0 Å². The van der Waals surface area contributed by atoms with Crippen molar-refractivity contribution in [3.8, 4) is 0 Å². The molecule has 0 aliphatic heterocycles. The van der Waals surface area contributed by atoms with Crippen LogP contribution in [0, 0.1) is 5.92 Å². The average molecular weight is 130 g/mol. The smallest absolute Gasteiger partial charge is 0.324 e. The van der Waals surface area contributed by atoms with Crippen molar-refractivity contribution in [3.05, 3.63) is 0 Å². The fraction of sp³-hybridized carbons (Fsp3) is 0.833. The van der Waals surface area contributed by atoms with Crippen LogP contribution in [0.2, 0.25) is 0 Å². The highest BCUT2D eigenvalue weighted by Crippen LogP contribution is 2.00. The van der Waals surface area contributed by atoms with Crippen molar-refractivity contribution in [1.29, 1.82) is 0 Å². The molecule has 0 spiro atoms. The van der Waals surface area contributed by atoms with E-state index in [-0.39, 0.29) is 5.92 Å². The van der Waals surface area contributed by atoms with Crippen molar-refractivity contribution in [2.75, 3.05) is 7.11 Å². The first-order chi connectivity index (χ1) is 4.09. The lowest BCUT2D eigenvalue weighted by atomic mass is 10.1. The monoisotopic (exact) mass is 130 g/mol. The fourth-order valence-electron chi connectivity index (χ4n) is 0.399. The number of methoxy groups -OCH3 is 1. The van der Waals surface area contributed by atoms with Crippen LogP contribution >= 0.6 is 0 Å². The van der Waals surface area contributed by atoms with E-state index >= 15 is 0 Å². The molecule has 0 aliphatic rings. The van der Waals surface area contributed by atoms with Crippen LogP contribution in [0.25, 0.3) is 0 Å². The third-order valence-corrected chi connectivity index (χ3v) is 1.12. The molecule has 0 aliphatic carbocycles. The zero-order chi connectivity index (χ0) is 7.44. The van der Waals surface area contributed by atoms with Crippen molar-refractivity contribution in [2.24, 2.45) is 5.92 Å². The molecule has 3 nitrogen and oxygen atoms in total. The highest BCUT2D eigenvalue weighted by molar-refractivity contribution is 5.75. The summed E-state index contributed by atoms with van der Waals surface area (Å²) in [5.41, 5.74) is 7.16. The van der Waals surface area contributed by atoms with Crippen LogP contribution in [0.3, 0.4) is 0 Å². The Morgan fingerprint density at radius 3 is 2.11 bits per heavy atom. The lowest BCUT2D eigenvalue weighted by molar-refractivity contribution is -0.143. The largest absolute Gasteiger partial charge is 0.468 e. The molecule has 1 radical (unpaired) electrons. The van der Waals surface area contributed by atoms with E-state index in [1.165, 1.54) is 7.11 Å². The Morgan fingerprint density at radius 1 is 1.56 bits per heavy atom. The highest BCUT2D eigenvalue weighted by atomic mass is 16.5. The lowest BCUT2D eigenvalue weighted by Crippen LogP contribution is -2.28. The number of ether oxygens (including phenoxy) is 1. The standard InChI is InChI=1S/C6H12NO2/c1-4(2)5(7)6(8)9-3/h4-5,7H,1-3H3. The molecular weight excluding hydrogens is 118 g/mol. The lowest BCUT2D eigenvalue weighted by Gasteiger charge is -2.10. The van der Waals surface area contributed by atoms with Gasteiger partial charge in [-0.1, -0.05) is 13.8 Å². The second-order valence-electron chi connectivity index (χ2n) is 2.24. The summed E-state index contributed by atoms with van der Waals surface area (Å²) in [6.07, 6.45) is 0. The summed E-state index contributed by atoms with van der Waals surface area (Å²) >= 11 is 0. The van der Waals surface area contributed by atoms with E-state index in [2.05, 4.69) is 4.74 Å². The van der Waals surface area contributed by atoms with Gasteiger partial charge in [0.1, 0.15) is 6.04 Å². The Hall–Kier alpha value is -0.570. The van der Waals surface area contributed by atoms with Gasteiger partial charge in [-0.3, -0.25) is 4.79 Å². The van der Waals surface area contributed by atoms with E-state index < -0.39 is 12.0 Å². The normalized spacial score (nSPS) is 13.4. The zero-order valence-corrected chi connectivity index (χ0v) is 5.97. The molecule has 1 atom stereocenters. The Kier molecular flexibility index (Phi) is 3.24. The molecule has 3 heteroatoms. The highest BCUT2D eigenvalue weighted by Gasteiger charge is 2.17. The first-order valence-electron chi connectivity index (χ1n) is 2.88. The summed E-state index contributed by atoms with van der Waals surface area (Å²) < 4.78 is 4.35. The number of rotatable bonds is 2. The third kappa shape index (κ3) is 2.46. The number of hydrogen-bond donors (Lipinski definition) is 0. The van der Waals surface area contributed by atoms with Gasteiger partial charge in [0.25, 0.3) is 0 Å². The molecule has 0 heterocycles. The van der Waals surface area contributed by atoms with Gasteiger partial charge in [0.2, 0.25) is 0 Å². The van der Waals surface area contributed by atoms with Gasteiger partial charge >= 0.3 is 5.97 Å². The maximum absolute atomic E-state index is 10.5. The van der Waals surface area contributed by atoms with Crippen LogP contribution < -0.4 is 5.73 Å². The van der Waals surface area contributed by atoms with Gasteiger partial charge in [0.15, 0.2) is 0 Å². The summed E-state index contributed by atoms with van der Waals surface area (Å²) in [6.45, 7) is 3.63. The first-order valence-corrected chi connectivity index (χ1v) is 2.88. The summed E-state index contributed by atoms with van der Waals surface area (Å²) in [7, 11) is 1.30. The second-order valence-corrected chi connectivity index (χ2v) is 2.24. The number of carbonyl (C=O) groups is 1. The molecule has 53 valence electrons. The van der Waals surface area contributed by atoms with Crippen LogP contribution in [0.15, 0.2) is 0 Å². The molecule has 0 saturated carbocycles. The predicted molar refractivity (Wildman–Crippen MR) is 33.7 cm³/mol. The number of nitrogens with one attached hydrogen (secondary N) is 1. The molecule has 0 amide bonds. The minimum Gasteiger partial charge on any atom is -0.468 e. The number of carbonyl (C=O) groups excluding carboxylic acids is 1. The molecular formula is C6H12NO2. The SMILES string of the molecule is COC(=O)C([NH])C(C)C. The number of hydrogen-bond acceptors (Lipinski definition) is 2. The Bertz CT molecular complexity index is 101. The summed E-state index contributed by atoms with van der Waals surface area (Å²) in [4.78, 5) is 10.5. The van der Waals surface area contributed by atoms with Gasteiger partial charge < -0.3 is 4.74 Å². The van der Waals surface area contributed by atoms with Crippen molar-refractivity contribution < 1.29 is 9.53 Å². The second kappa shape index (κ2) is 3.45. The maximum atomic E-state index is 10.5. The van der Waals surface area contributed by atoms with Gasteiger partial charge in [-0.05, 0) is 5.92 Å². The van der Waals surface area contributed by atoms with Crippen molar-refractivity contribution in [3.63, 3.8) is 0 Å². The van der Waals surface area contributed by atoms with Crippen LogP contribution in [-0.4, -0.2) is 19.1 Å². The molecule has 9 heavy (non-hydrogen) atoms. The Balaban J connectivity index is 3.72. The van der Waals surface area contributed by atoms with Crippen LogP contribution in [0.5, 0.6) is 0 Å². The maximum Gasteiger partial charge on any atom is 0.324 e. The van der Waals surface area contributed by atoms with E-state index in [9.17, 15) is 4.79 Å². The Labute approximate surface area is 55.2 Å². The van der Waals surface area contributed by atoms with E-state index in [0.717, 1.165) is 0 Å². The first kappa shape index (κ1) is 8.43. The van der Waals surface area contributed by atoms with Crippen molar-refractivity contribution in [1.82, 2.24) is 5.73 Å². The van der Waals surface area contributed by atoms with Crippen LogP contribution in [0.4, 0.5) is 0 Å². The molecule has 0 bridgehead atoms. The molecule has 0 saturated heterocycles. The van der Waals surface area contributed by atoms with Gasteiger partial charge in [0.05, 0.1) is 7.11 Å². The quantitative estimate of drug-likeness (QED) is 0.510. The fourth-order valence-corrected chi connectivity index (χ4v) is 0.399. The molecule has 1 N–H and O–H groups in total. The summed E-state index contributed by atoms with van der Waals surface area (Å²) in [5.74, 6) is -0.414. The molecule has 0 fully saturated rings. The van der Waals surface area contributed by atoms with E-state index in [0.29, 0.717) is 0 Å². The van der Waals surface area contributed by atoms with E-state index in [4.69, 9.17) is 5.73 Å². The molecule has 1 unspecified atom stereocenters.